The van der Waals surface area contributed by atoms with Crippen molar-refractivity contribution in [1.29, 1.82) is 0 Å². The predicted molar refractivity (Wildman–Crippen MR) is 59.5 cm³/mol. The van der Waals surface area contributed by atoms with Crippen molar-refractivity contribution in [3.8, 4) is 0 Å². The van der Waals surface area contributed by atoms with Gasteiger partial charge >= 0.3 is 6.03 Å². The van der Waals surface area contributed by atoms with Crippen molar-refractivity contribution in [1.82, 2.24) is 10.2 Å². The molecular weight excluding hydrogens is 190 g/mol. The summed E-state index contributed by atoms with van der Waals surface area (Å²) in [5.41, 5.74) is 5.23. The summed E-state index contributed by atoms with van der Waals surface area (Å²) in [6, 6.07) is 0.317. The minimum Gasteiger partial charge on any atom is -0.351 e. The summed E-state index contributed by atoms with van der Waals surface area (Å²) in [7, 11) is 0. The molecule has 4 nitrogen and oxygen atoms in total. The van der Waals surface area contributed by atoms with Crippen LogP contribution in [-0.4, -0.2) is 36.6 Å². The van der Waals surface area contributed by atoms with Gasteiger partial charge in [0.2, 0.25) is 0 Å². The van der Waals surface area contributed by atoms with Crippen molar-refractivity contribution in [3.05, 3.63) is 0 Å². The first-order valence-corrected chi connectivity index (χ1v) is 5.94. The van der Waals surface area contributed by atoms with Gasteiger partial charge in [-0.05, 0) is 37.6 Å². The second-order valence-corrected chi connectivity index (χ2v) is 4.98. The Hall–Kier alpha value is -0.770. The first-order chi connectivity index (χ1) is 7.16. The number of amides is 2. The van der Waals surface area contributed by atoms with Crippen molar-refractivity contribution in [2.45, 2.75) is 32.2 Å². The molecule has 2 unspecified atom stereocenters. The van der Waals surface area contributed by atoms with E-state index in [1.54, 1.807) is 4.90 Å². The number of nitrogens with two attached hydrogens (primary N) is 1. The van der Waals surface area contributed by atoms with Gasteiger partial charge in [0.25, 0.3) is 0 Å². The molecule has 0 aromatic rings. The van der Waals surface area contributed by atoms with Crippen LogP contribution in [-0.2, 0) is 0 Å². The molecule has 0 aromatic heterocycles. The van der Waals surface area contributed by atoms with Gasteiger partial charge in [0.15, 0.2) is 0 Å². The number of nitrogens with one attached hydrogen (secondary N) is 1. The quantitative estimate of drug-likeness (QED) is 0.724. The first-order valence-electron chi connectivity index (χ1n) is 5.94. The molecular formula is C11H21N3O. The number of rotatable bonds is 3. The third-order valence-corrected chi connectivity index (χ3v) is 3.75. The Kier molecular flexibility index (Phi) is 3.14. The Morgan fingerprint density at radius 1 is 1.47 bits per heavy atom. The van der Waals surface area contributed by atoms with E-state index in [0.29, 0.717) is 6.04 Å². The monoisotopic (exact) mass is 211 g/mol. The lowest BCUT2D eigenvalue weighted by Crippen LogP contribution is -2.47. The van der Waals surface area contributed by atoms with Crippen LogP contribution in [0.4, 0.5) is 4.79 Å². The van der Waals surface area contributed by atoms with Gasteiger partial charge in [-0.2, -0.15) is 0 Å². The van der Waals surface area contributed by atoms with Gasteiger partial charge in [0, 0.05) is 19.1 Å². The summed E-state index contributed by atoms with van der Waals surface area (Å²) < 4.78 is 0. The molecule has 4 heteroatoms. The maximum absolute atomic E-state index is 10.9. The second-order valence-electron chi connectivity index (χ2n) is 4.98. The molecule has 1 saturated heterocycles. The van der Waals surface area contributed by atoms with E-state index < -0.39 is 0 Å². The van der Waals surface area contributed by atoms with Crippen molar-refractivity contribution in [2.75, 3.05) is 19.6 Å². The number of carbonyl (C=O) groups excluding carboxylic acids is 1. The summed E-state index contributed by atoms with van der Waals surface area (Å²) in [6.45, 7) is 5.09. The second kappa shape index (κ2) is 4.39. The Balaban J connectivity index is 1.63. The number of urea groups is 1. The third kappa shape index (κ3) is 2.84. The number of nitrogens with zero attached hydrogens (tertiary/aromatic N) is 1. The van der Waals surface area contributed by atoms with Crippen molar-refractivity contribution in [2.24, 2.45) is 17.6 Å². The van der Waals surface area contributed by atoms with Gasteiger partial charge in [0.05, 0.1) is 0 Å². The average Bonchev–Trinajstić information content (AvgIpc) is 2.92. The van der Waals surface area contributed by atoms with Crippen LogP contribution >= 0.6 is 0 Å². The minimum absolute atomic E-state index is 0.274. The van der Waals surface area contributed by atoms with Gasteiger partial charge in [-0.1, -0.05) is 6.92 Å². The van der Waals surface area contributed by atoms with E-state index >= 15 is 0 Å². The maximum Gasteiger partial charge on any atom is 0.314 e. The molecule has 1 aliphatic heterocycles. The zero-order valence-electron chi connectivity index (χ0n) is 9.41. The number of piperidine rings is 1. The molecule has 3 N–H and O–H groups in total. The topological polar surface area (TPSA) is 58.4 Å². The first kappa shape index (κ1) is 10.7. The van der Waals surface area contributed by atoms with E-state index in [1.807, 2.05) is 0 Å². The number of carbonyl (C=O) groups is 1. The van der Waals surface area contributed by atoms with E-state index in [2.05, 4.69) is 12.2 Å². The molecule has 2 amide bonds. The lowest BCUT2D eigenvalue weighted by atomic mass is 10.1. The van der Waals surface area contributed by atoms with Gasteiger partial charge in [0.1, 0.15) is 0 Å². The normalized spacial score (nSPS) is 31.7. The highest BCUT2D eigenvalue weighted by molar-refractivity contribution is 5.72. The fraction of sp³-hybridized carbons (Fsp3) is 0.909. The van der Waals surface area contributed by atoms with Crippen LogP contribution in [0.5, 0.6) is 0 Å². The number of primary amides is 1. The van der Waals surface area contributed by atoms with Gasteiger partial charge in [-0.3, -0.25) is 0 Å². The molecule has 2 fully saturated rings. The van der Waals surface area contributed by atoms with Crippen molar-refractivity contribution in [3.63, 3.8) is 0 Å². The standard InChI is InChI=1S/C11H21N3O/c1-8-6-9(8)7-13-10-2-4-14(5-3-10)11(12)15/h8-10,13H,2-7H2,1H3,(H2,12,15). The molecule has 2 rings (SSSR count). The van der Waals surface area contributed by atoms with Crippen LogP contribution in [0.15, 0.2) is 0 Å². The number of hydrogen-bond donors (Lipinski definition) is 2. The molecule has 0 spiro atoms. The summed E-state index contributed by atoms with van der Waals surface area (Å²) in [6.07, 6.45) is 3.47. The van der Waals surface area contributed by atoms with E-state index in [0.717, 1.165) is 44.3 Å². The molecule has 2 atom stereocenters. The highest BCUT2D eigenvalue weighted by Crippen LogP contribution is 2.36. The average molecular weight is 211 g/mol. The zero-order chi connectivity index (χ0) is 10.8. The lowest BCUT2D eigenvalue weighted by Gasteiger charge is -2.31. The maximum atomic E-state index is 10.9. The molecule has 1 aliphatic carbocycles. The van der Waals surface area contributed by atoms with E-state index in [-0.39, 0.29) is 6.03 Å². The molecule has 0 bridgehead atoms. The largest absolute Gasteiger partial charge is 0.351 e. The van der Waals surface area contributed by atoms with E-state index in [9.17, 15) is 4.79 Å². The Morgan fingerprint density at radius 3 is 2.53 bits per heavy atom. The lowest BCUT2D eigenvalue weighted by molar-refractivity contribution is 0.185. The van der Waals surface area contributed by atoms with Crippen LogP contribution in [0.25, 0.3) is 0 Å². The Labute approximate surface area is 91.2 Å². The van der Waals surface area contributed by atoms with Crippen molar-refractivity contribution < 1.29 is 4.79 Å². The molecule has 1 heterocycles. The van der Waals surface area contributed by atoms with Crippen LogP contribution in [0, 0.1) is 11.8 Å². The SMILES string of the molecule is CC1CC1CNC1CCN(C(N)=O)CC1. The molecule has 0 aromatic carbocycles. The van der Waals surface area contributed by atoms with Crippen LogP contribution in [0.2, 0.25) is 0 Å². The summed E-state index contributed by atoms with van der Waals surface area (Å²) >= 11 is 0. The number of hydrogen-bond acceptors (Lipinski definition) is 2. The Morgan fingerprint density at radius 2 is 2.07 bits per heavy atom. The molecule has 2 aliphatic rings. The predicted octanol–water partition coefficient (Wildman–Crippen LogP) is 0.775. The minimum atomic E-state index is -0.274. The van der Waals surface area contributed by atoms with E-state index in [1.165, 1.54) is 6.42 Å². The van der Waals surface area contributed by atoms with Crippen molar-refractivity contribution >= 4 is 6.03 Å². The summed E-state index contributed by atoms with van der Waals surface area (Å²) in [5.74, 6) is 1.82. The van der Waals surface area contributed by atoms with Gasteiger partial charge in [-0.15, -0.1) is 0 Å². The Bertz CT molecular complexity index is 236. The summed E-state index contributed by atoms with van der Waals surface area (Å²) in [4.78, 5) is 12.6. The van der Waals surface area contributed by atoms with Crippen LogP contribution in [0.1, 0.15) is 26.2 Å². The smallest absolute Gasteiger partial charge is 0.314 e. The van der Waals surface area contributed by atoms with Crippen LogP contribution < -0.4 is 11.1 Å². The zero-order valence-corrected chi connectivity index (χ0v) is 9.41. The fourth-order valence-electron chi connectivity index (χ4n) is 2.31. The fourth-order valence-corrected chi connectivity index (χ4v) is 2.31. The summed E-state index contributed by atoms with van der Waals surface area (Å²) in [5, 5.41) is 3.59. The highest BCUT2D eigenvalue weighted by Gasteiger charge is 2.32. The van der Waals surface area contributed by atoms with Crippen LogP contribution in [0.3, 0.4) is 0 Å². The molecule has 1 saturated carbocycles. The van der Waals surface area contributed by atoms with Gasteiger partial charge < -0.3 is 16.0 Å². The molecule has 86 valence electrons. The van der Waals surface area contributed by atoms with E-state index in [4.69, 9.17) is 5.73 Å². The van der Waals surface area contributed by atoms with Gasteiger partial charge in [-0.25, -0.2) is 4.79 Å². The molecule has 0 radical (unpaired) electrons. The highest BCUT2D eigenvalue weighted by atomic mass is 16.2. The third-order valence-electron chi connectivity index (χ3n) is 3.75. The molecule has 15 heavy (non-hydrogen) atoms. The number of likely N-dealkylation sites (tertiary alicyclic amines) is 1.